The van der Waals surface area contributed by atoms with Gasteiger partial charge in [0.05, 0.1) is 10.0 Å². The fraction of sp³-hybridized carbons (Fsp3) is 0.308. The quantitative estimate of drug-likeness (QED) is 0.751. The standard InChI is InChI=1S/C13H14Cl2N2O2/c14-11-4-3-10(6-12(11)15)17-13(19)16-9-2-1-8(5-9)7-18/h1-4,6,8-9,18H,5,7H2,(H2,16,17,19)/t8-,9+/m0/s1. The minimum absolute atomic E-state index is 0.0556. The number of hydrogen-bond donors (Lipinski definition) is 3. The van der Waals surface area contributed by atoms with Gasteiger partial charge >= 0.3 is 6.03 Å². The number of aliphatic hydroxyl groups excluding tert-OH is 1. The summed E-state index contributed by atoms with van der Waals surface area (Å²) < 4.78 is 0. The molecule has 0 saturated carbocycles. The Morgan fingerprint density at radius 2 is 2.11 bits per heavy atom. The van der Waals surface area contributed by atoms with E-state index in [1.807, 2.05) is 12.2 Å². The molecule has 1 aromatic rings. The van der Waals surface area contributed by atoms with Crippen LogP contribution < -0.4 is 10.6 Å². The van der Waals surface area contributed by atoms with Gasteiger partial charge in [-0.15, -0.1) is 0 Å². The van der Waals surface area contributed by atoms with E-state index < -0.39 is 0 Å². The van der Waals surface area contributed by atoms with E-state index in [1.165, 1.54) is 0 Å². The zero-order chi connectivity index (χ0) is 13.8. The van der Waals surface area contributed by atoms with Crippen LogP contribution in [-0.4, -0.2) is 23.8 Å². The second kappa shape index (κ2) is 6.28. The predicted molar refractivity (Wildman–Crippen MR) is 76.7 cm³/mol. The summed E-state index contributed by atoms with van der Waals surface area (Å²) >= 11 is 11.7. The van der Waals surface area contributed by atoms with Crippen molar-refractivity contribution in [1.82, 2.24) is 5.32 Å². The van der Waals surface area contributed by atoms with Crippen molar-refractivity contribution >= 4 is 34.9 Å². The first-order valence-corrected chi connectivity index (χ1v) is 6.66. The van der Waals surface area contributed by atoms with Gasteiger partial charge in [-0.05, 0) is 24.6 Å². The first-order valence-electron chi connectivity index (χ1n) is 5.90. The first kappa shape index (κ1) is 14.2. The third kappa shape index (κ3) is 3.86. The number of anilines is 1. The van der Waals surface area contributed by atoms with Crippen LogP contribution in [0.25, 0.3) is 0 Å². The van der Waals surface area contributed by atoms with Gasteiger partial charge in [-0.3, -0.25) is 0 Å². The Kier molecular flexibility index (Phi) is 4.69. The topological polar surface area (TPSA) is 61.4 Å². The van der Waals surface area contributed by atoms with E-state index in [4.69, 9.17) is 28.3 Å². The van der Waals surface area contributed by atoms with Gasteiger partial charge in [0.15, 0.2) is 0 Å². The molecule has 0 aromatic heterocycles. The van der Waals surface area contributed by atoms with Crippen molar-refractivity contribution in [2.24, 2.45) is 5.92 Å². The average Bonchev–Trinajstić information content (AvgIpc) is 2.81. The van der Waals surface area contributed by atoms with Gasteiger partial charge in [-0.25, -0.2) is 4.79 Å². The maximum absolute atomic E-state index is 11.8. The molecule has 2 rings (SSSR count). The Labute approximate surface area is 121 Å². The van der Waals surface area contributed by atoms with Crippen molar-refractivity contribution in [2.75, 3.05) is 11.9 Å². The highest BCUT2D eigenvalue weighted by Gasteiger charge is 2.19. The monoisotopic (exact) mass is 300 g/mol. The van der Waals surface area contributed by atoms with Crippen LogP contribution >= 0.6 is 23.2 Å². The van der Waals surface area contributed by atoms with Crippen molar-refractivity contribution in [2.45, 2.75) is 12.5 Å². The Morgan fingerprint density at radius 1 is 1.32 bits per heavy atom. The molecule has 0 aliphatic heterocycles. The lowest BCUT2D eigenvalue weighted by molar-refractivity contribution is 0.238. The van der Waals surface area contributed by atoms with Crippen molar-refractivity contribution in [1.29, 1.82) is 0 Å². The Morgan fingerprint density at radius 3 is 2.74 bits per heavy atom. The predicted octanol–water partition coefficient (Wildman–Crippen LogP) is 3.05. The van der Waals surface area contributed by atoms with Gasteiger partial charge < -0.3 is 15.7 Å². The van der Waals surface area contributed by atoms with E-state index in [0.717, 1.165) is 0 Å². The maximum atomic E-state index is 11.8. The van der Waals surface area contributed by atoms with Crippen molar-refractivity contribution in [3.8, 4) is 0 Å². The fourth-order valence-corrected chi connectivity index (χ4v) is 2.22. The SMILES string of the molecule is O=C(Nc1ccc(Cl)c(Cl)c1)N[C@@H]1C=C[C@H](CO)C1. The van der Waals surface area contributed by atoms with Crippen LogP contribution in [0.4, 0.5) is 10.5 Å². The van der Waals surface area contributed by atoms with E-state index in [-0.39, 0.29) is 24.6 Å². The van der Waals surface area contributed by atoms with E-state index in [1.54, 1.807) is 18.2 Å². The number of carbonyl (C=O) groups is 1. The normalized spacial score (nSPS) is 21.4. The summed E-state index contributed by atoms with van der Waals surface area (Å²) in [6, 6.07) is 4.52. The molecule has 0 saturated heterocycles. The van der Waals surface area contributed by atoms with Crippen LogP contribution in [0.2, 0.25) is 10.0 Å². The van der Waals surface area contributed by atoms with E-state index >= 15 is 0 Å². The van der Waals surface area contributed by atoms with E-state index in [0.29, 0.717) is 22.2 Å². The number of nitrogens with one attached hydrogen (secondary N) is 2. The molecule has 1 aromatic carbocycles. The van der Waals surface area contributed by atoms with Crippen LogP contribution in [0, 0.1) is 5.92 Å². The Balaban J connectivity index is 1.88. The molecule has 4 nitrogen and oxygen atoms in total. The summed E-state index contributed by atoms with van der Waals surface area (Å²) in [6.45, 7) is 0.100. The highest BCUT2D eigenvalue weighted by atomic mass is 35.5. The molecule has 6 heteroatoms. The summed E-state index contributed by atoms with van der Waals surface area (Å²) in [7, 11) is 0. The van der Waals surface area contributed by atoms with Crippen LogP contribution in [0.15, 0.2) is 30.4 Å². The minimum Gasteiger partial charge on any atom is -0.396 e. The molecule has 0 fully saturated rings. The second-order valence-corrected chi connectivity index (χ2v) is 5.21. The molecular formula is C13H14Cl2N2O2. The van der Waals surface area contributed by atoms with Crippen LogP contribution in [0.5, 0.6) is 0 Å². The highest BCUT2D eigenvalue weighted by Crippen LogP contribution is 2.25. The Bertz CT molecular complexity index is 505. The molecule has 0 bridgehead atoms. The molecule has 102 valence electrons. The highest BCUT2D eigenvalue weighted by molar-refractivity contribution is 6.42. The summed E-state index contributed by atoms with van der Waals surface area (Å²) in [4.78, 5) is 11.8. The van der Waals surface area contributed by atoms with E-state index in [2.05, 4.69) is 10.6 Å². The lowest BCUT2D eigenvalue weighted by atomic mass is 10.1. The smallest absolute Gasteiger partial charge is 0.319 e. The molecule has 0 heterocycles. The summed E-state index contributed by atoms with van der Waals surface area (Å²) in [5.74, 6) is 0.121. The van der Waals surface area contributed by atoms with Crippen LogP contribution in [0.3, 0.4) is 0 Å². The molecular weight excluding hydrogens is 287 g/mol. The zero-order valence-corrected chi connectivity index (χ0v) is 11.6. The zero-order valence-electron chi connectivity index (χ0n) is 10.1. The summed E-state index contributed by atoms with van der Waals surface area (Å²) in [5.41, 5.74) is 0.576. The van der Waals surface area contributed by atoms with Gasteiger partial charge in [0, 0.05) is 24.3 Å². The summed E-state index contributed by atoms with van der Waals surface area (Å²) in [5, 5.41) is 15.3. The molecule has 2 atom stereocenters. The third-order valence-corrected chi connectivity index (χ3v) is 3.64. The minimum atomic E-state index is -0.313. The molecule has 0 spiro atoms. The summed E-state index contributed by atoms with van der Waals surface area (Å²) in [6.07, 6.45) is 4.50. The van der Waals surface area contributed by atoms with Gasteiger partial charge in [0.2, 0.25) is 0 Å². The molecule has 2 amide bonds. The average molecular weight is 301 g/mol. The van der Waals surface area contributed by atoms with Crippen molar-refractivity contribution in [3.05, 3.63) is 40.4 Å². The van der Waals surface area contributed by atoms with Crippen molar-refractivity contribution in [3.63, 3.8) is 0 Å². The Hall–Kier alpha value is -1.23. The first-order chi connectivity index (χ1) is 9.08. The van der Waals surface area contributed by atoms with Crippen LogP contribution in [-0.2, 0) is 0 Å². The lowest BCUT2D eigenvalue weighted by Crippen LogP contribution is -2.36. The number of rotatable bonds is 3. The van der Waals surface area contributed by atoms with Gasteiger partial charge in [0.25, 0.3) is 0 Å². The van der Waals surface area contributed by atoms with Gasteiger partial charge in [-0.2, -0.15) is 0 Å². The second-order valence-electron chi connectivity index (χ2n) is 4.40. The maximum Gasteiger partial charge on any atom is 0.319 e. The molecule has 1 aliphatic carbocycles. The number of aliphatic hydroxyl groups is 1. The fourth-order valence-electron chi connectivity index (χ4n) is 1.93. The van der Waals surface area contributed by atoms with Crippen molar-refractivity contribution < 1.29 is 9.90 Å². The van der Waals surface area contributed by atoms with Crippen LogP contribution in [0.1, 0.15) is 6.42 Å². The number of carbonyl (C=O) groups excluding carboxylic acids is 1. The number of urea groups is 1. The molecule has 0 radical (unpaired) electrons. The van der Waals surface area contributed by atoms with E-state index in [9.17, 15) is 4.79 Å². The number of hydrogen-bond acceptors (Lipinski definition) is 2. The lowest BCUT2D eigenvalue weighted by Gasteiger charge is -2.13. The number of benzene rings is 1. The largest absolute Gasteiger partial charge is 0.396 e. The molecule has 19 heavy (non-hydrogen) atoms. The number of amides is 2. The molecule has 3 N–H and O–H groups in total. The third-order valence-electron chi connectivity index (χ3n) is 2.90. The molecule has 0 unspecified atom stereocenters. The molecule has 1 aliphatic rings. The van der Waals surface area contributed by atoms with Gasteiger partial charge in [-0.1, -0.05) is 35.4 Å². The number of halogens is 2. The van der Waals surface area contributed by atoms with Gasteiger partial charge in [0.1, 0.15) is 0 Å².